The van der Waals surface area contributed by atoms with Crippen LogP contribution in [0.15, 0.2) is 67.3 Å². The Morgan fingerprint density at radius 2 is 1.74 bits per heavy atom. The molecule has 23 heavy (non-hydrogen) atoms. The van der Waals surface area contributed by atoms with Crippen molar-refractivity contribution in [3.05, 3.63) is 67.3 Å². The van der Waals surface area contributed by atoms with Crippen LogP contribution in [-0.2, 0) is 0 Å². The molecule has 0 aliphatic heterocycles. The van der Waals surface area contributed by atoms with Gasteiger partial charge in [-0.25, -0.2) is 9.50 Å². The molecule has 0 atom stereocenters. The molecule has 3 aromatic heterocycles. The van der Waals surface area contributed by atoms with E-state index >= 15 is 0 Å². The van der Waals surface area contributed by atoms with Crippen LogP contribution in [0, 0.1) is 0 Å². The SMILES string of the molecule is COc1ccccc1-c1cnn2c(-c3ccncc3)ccnc12. The number of aromatic nitrogens is 4. The minimum absolute atomic E-state index is 0.795. The maximum atomic E-state index is 5.46. The first kappa shape index (κ1) is 13.5. The maximum absolute atomic E-state index is 5.46. The number of pyridine rings is 1. The van der Waals surface area contributed by atoms with Crippen LogP contribution in [0.25, 0.3) is 28.0 Å². The lowest BCUT2D eigenvalue weighted by Gasteiger charge is -2.07. The first-order valence-corrected chi connectivity index (χ1v) is 7.25. The highest BCUT2D eigenvalue weighted by molar-refractivity contribution is 5.82. The van der Waals surface area contributed by atoms with Gasteiger partial charge in [-0.3, -0.25) is 4.98 Å². The van der Waals surface area contributed by atoms with Crippen LogP contribution < -0.4 is 4.74 Å². The Morgan fingerprint density at radius 1 is 0.913 bits per heavy atom. The van der Waals surface area contributed by atoms with Gasteiger partial charge >= 0.3 is 0 Å². The zero-order valence-corrected chi connectivity index (χ0v) is 12.5. The number of methoxy groups -OCH3 is 1. The van der Waals surface area contributed by atoms with Gasteiger partial charge in [-0.15, -0.1) is 0 Å². The number of ether oxygens (including phenoxy) is 1. The fourth-order valence-electron chi connectivity index (χ4n) is 2.69. The number of benzene rings is 1. The van der Waals surface area contributed by atoms with Crippen molar-refractivity contribution >= 4 is 5.65 Å². The first-order valence-electron chi connectivity index (χ1n) is 7.25. The molecule has 5 nitrogen and oxygen atoms in total. The molecule has 0 saturated carbocycles. The summed E-state index contributed by atoms with van der Waals surface area (Å²) in [4.78, 5) is 8.57. The van der Waals surface area contributed by atoms with E-state index in [2.05, 4.69) is 15.1 Å². The quantitative estimate of drug-likeness (QED) is 0.581. The molecular weight excluding hydrogens is 288 g/mol. The molecule has 0 aliphatic rings. The predicted octanol–water partition coefficient (Wildman–Crippen LogP) is 3.47. The highest BCUT2D eigenvalue weighted by Gasteiger charge is 2.14. The van der Waals surface area contributed by atoms with Gasteiger partial charge < -0.3 is 4.74 Å². The van der Waals surface area contributed by atoms with Crippen molar-refractivity contribution in [2.45, 2.75) is 0 Å². The van der Waals surface area contributed by atoms with Crippen LogP contribution in [0.3, 0.4) is 0 Å². The summed E-state index contributed by atoms with van der Waals surface area (Å²) in [5.74, 6) is 0.804. The highest BCUT2D eigenvalue weighted by Crippen LogP contribution is 2.33. The monoisotopic (exact) mass is 302 g/mol. The van der Waals surface area contributed by atoms with Crippen LogP contribution >= 0.6 is 0 Å². The van der Waals surface area contributed by atoms with Gasteiger partial charge in [0.05, 0.1) is 24.6 Å². The largest absolute Gasteiger partial charge is 0.496 e. The lowest BCUT2D eigenvalue weighted by molar-refractivity contribution is 0.416. The minimum Gasteiger partial charge on any atom is -0.496 e. The first-order chi connectivity index (χ1) is 11.4. The van der Waals surface area contributed by atoms with Crippen LogP contribution in [0.1, 0.15) is 0 Å². The molecule has 5 heteroatoms. The number of hydrogen-bond acceptors (Lipinski definition) is 4. The molecule has 3 heterocycles. The van der Waals surface area contributed by atoms with E-state index in [0.29, 0.717) is 0 Å². The number of rotatable bonds is 3. The topological polar surface area (TPSA) is 52.3 Å². The molecule has 4 aromatic rings. The van der Waals surface area contributed by atoms with Gasteiger partial charge in [-0.1, -0.05) is 18.2 Å². The Bertz CT molecular complexity index is 963. The van der Waals surface area contributed by atoms with E-state index in [1.165, 1.54) is 0 Å². The summed E-state index contributed by atoms with van der Waals surface area (Å²) in [5, 5.41) is 4.52. The molecule has 4 rings (SSSR count). The Kier molecular flexibility index (Phi) is 3.24. The van der Waals surface area contributed by atoms with Crippen LogP contribution in [-0.4, -0.2) is 26.7 Å². The summed E-state index contributed by atoms with van der Waals surface area (Å²) >= 11 is 0. The predicted molar refractivity (Wildman–Crippen MR) is 88.2 cm³/mol. The molecule has 0 spiro atoms. The summed E-state index contributed by atoms with van der Waals surface area (Å²) in [5.41, 5.74) is 4.73. The van der Waals surface area contributed by atoms with E-state index in [1.807, 2.05) is 53.2 Å². The Labute approximate surface area is 133 Å². The fourth-order valence-corrected chi connectivity index (χ4v) is 2.69. The normalized spacial score (nSPS) is 10.8. The van der Waals surface area contributed by atoms with E-state index in [0.717, 1.165) is 33.8 Å². The second-order valence-electron chi connectivity index (χ2n) is 5.06. The molecule has 1 aromatic carbocycles. The average molecular weight is 302 g/mol. The third kappa shape index (κ3) is 2.23. The summed E-state index contributed by atoms with van der Waals surface area (Å²) in [6.07, 6.45) is 7.16. The van der Waals surface area contributed by atoms with Crippen LogP contribution in [0.4, 0.5) is 0 Å². The Balaban J connectivity index is 1.95. The van der Waals surface area contributed by atoms with Crippen molar-refractivity contribution in [1.29, 1.82) is 0 Å². The summed E-state index contributed by atoms with van der Waals surface area (Å²) < 4.78 is 7.30. The van der Waals surface area contributed by atoms with Crippen molar-refractivity contribution < 1.29 is 4.74 Å². The van der Waals surface area contributed by atoms with E-state index in [-0.39, 0.29) is 0 Å². The number of fused-ring (bicyclic) bond motifs is 1. The van der Waals surface area contributed by atoms with Gasteiger partial charge in [0.25, 0.3) is 0 Å². The molecule has 0 saturated heterocycles. The summed E-state index contributed by atoms with van der Waals surface area (Å²) in [6.45, 7) is 0. The fraction of sp³-hybridized carbons (Fsp3) is 0.0556. The molecule has 0 amide bonds. The summed E-state index contributed by atoms with van der Waals surface area (Å²) in [6, 6.07) is 13.7. The third-order valence-corrected chi connectivity index (χ3v) is 3.77. The molecule has 0 fully saturated rings. The van der Waals surface area contributed by atoms with Gasteiger partial charge in [0.1, 0.15) is 5.75 Å². The van der Waals surface area contributed by atoms with Gasteiger partial charge in [0.15, 0.2) is 5.65 Å². The van der Waals surface area contributed by atoms with Gasteiger partial charge in [0, 0.05) is 29.7 Å². The number of nitrogens with zero attached hydrogens (tertiary/aromatic N) is 4. The molecule has 112 valence electrons. The van der Waals surface area contributed by atoms with Crippen LogP contribution in [0.5, 0.6) is 5.75 Å². The van der Waals surface area contributed by atoms with Gasteiger partial charge in [-0.05, 0) is 24.3 Å². The van der Waals surface area contributed by atoms with Gasteiger partial charge in [-0.2, -0.15) is 5.10 Å². The van der Waals surface area contributed by atoms with Crippen LogP contribution in [0.2, 0.25) is 0 Å². The Morgan fingerprint density at radius 3 is 2.57 bits per heavy atom. The lowest BCUT2D eigenvalue weighted by Crippen LogP contribution is -1.96. The van der Waals surface area contributed by atoms with Gasteiger partial charge in [0.2, 0.25) is 0 Å². The maximum Gasteiger partial charge on any atom is 0.163 e. The second-order valence-corrected chi connectivity index (χ2v) is 5.06. The van der Waals surface area contributed by atoms with Crippen molar-refractivity contribution in [3.63, 3.8) is 0 Å². The highest BCUT2D eigenvalue weighted by atomic mass is 16.5. The zero-order valence-electron chi connectivity index (χ0n) is 12.5. The second kappa shape index (κ2) is 5.53. The molecule has 0 bridgehead atoms. The molecular formula is C18H14N4O. The molecule has 0 N–H and O–H groups in total. The van der Waals surface area contributed by atoms with E-state index in [1.54, 1.807) is 25.7 Å². The molecule has 0 unspecified atom stereocenters. The Hall–Kier alpha value is -3.21. The number of hydrogen-bond donors (Lipinski definition) is 0. The van der Waals surface area contributed by atoms with E-state index < -0.39 is 0 Å². The zero-order chi connectivity index (χ0) is 15.6. The van der Waals surface area contributed by atoms with Crippen molar-refractivity contribution in [3.8, 4) is 28.1 Å². The smallest absolute Gasteiger partial charge is 0.163 e. The lowest BCUT2D eigenvalue weighted by atomic mass is 10.1. The summed E-state index contributed by atoms with van der Waals surface area (Å²) in [7, 11) is 1.67. The van der Waals surface area contributed by atoms with E-state index in [4.69, 9.17) is 4.74 Å². The average Bonchev–Trinajstić information content (AvgIpc) is 3.06. The molecule has 0 aliphatic carbocycles. The minimum atomic E-state index is 0.795. The molecule has 0 radical (unpaired) electrons. The third-order valence-electron chi connectivity index (χ3n) is 3.77. The van der Waals surface area contributed by atoms with Crippen molar-refractivity contribution in [2.75, 3.05) is 7.11 Å². The van der Waals surface area contributed by atoms with Crippen molar-refractivity contribution in [2.24, 2.45) is 0 Å². The van der Waals surface area contributed by atoms with Crippen molar-refractivity contribution in [1.82, 2.24) is 19.6 Å². The number of para-hydroxylation sites is 1. The van der Waals surface area contributed by atoms with E-state index in [9.17, 15) is 0 Å². The standard InChI is InChI=1S/C18H14N4O/c1-23-17-5-3-2-4-14(17)15-12-21-22-16(8-11-20-18(15)22)13-6-9-19-10-7-13/h2-12H,1H3.